The maximum absolute atomic E-state index is 12.1. The predicted molar refractivity (Wildman–Crippen MR) is 77.2 cm³/mol. The molecular formula is C16H29NO2. The Hall–Kier alpha value is -0.410. The molecule has 0 radical (unpaired) electrons. The summed E-state index contributed by atoms with van der Waals surface area (Å²) in [6.45, 7) is 8.41. The molecule has 3 nitrogen and oxygen atoms in total. The van der Waals surface area contributed by atoms with Gasteiger partial charge >= 0.3 is 0 Å². The second kappa shape index (κ2) is 6.36. The van der Waals surface area contributed by atoms with E-state index in [9.17, 15) is 4.79 Å². The number of nitrogens with zero attached hydrogens (tertiary/aromatic N) is 1. The van der Waals surface area contributed by atoms with Gasteiger partial charge in [-0.25, -0.2) is 0 Å². The number of Topliss-reactive ketones (excluding diaryl/α,β-unsaturated/α-hetero) is 1. The number of ether oxygens (including phenoxy) is 1. The first kappa shape index (κ1) is 15.0. The fraction of sp³-hybridized carbons (Fsp3) is 0.938. The number of ketones is 1. The van der Waals surface area contributed by atoms with Crippen LogP contribution in [-0.4, -0.2) is 44.0 Å². The van der Waals surface area contributed by atoms with Gasteiger partial charge in [0.2, 0.25) is 0 Å². The monoisotopic (exact) mass is 267 g/mol. The van der Waals surface area contributed by atoms with Gasteiger partial charge in [-0.15, -0.1) is 0 Å². The lowest BCUT2D eigenvalue weighted by molar-refractivity contribution is -0.127. The van der Waals surface area contributed by atoms with Crippen LogP contribution >= 0.6 is 0 Å². The fourth-order valence-electron chi connectivity index (χ4n) is 3.56. The average Bonchev–Trinajstić information content (AvgIpc) is 2.35. The van der Waals surface area contributed by atoms with Crippen LogP contribution in [-0.2, 0) is 9.53 Å². The van der Waals surface area contributed by atoms with E-state index in [0.29, 0.717) is 17.1 Å². The summed E-state index contributed by atoms with van der Waals surface area (Å²) in [7, 11) is 2.16. The molecule has 110 valence electrons. The average molecular weight is 267 g/mol. The van der Waals surface area contributed by atoms with Crippen molar-refractivity contribution in [2.24, 2.45) is 17.3 Å². The maximum Gasteiger partial charge on any atom is 0.137 e. The Kier molecular flexibility index (Phi) is 5.02. The molecule has 2 atom stereocenters. The number of hydrogen-bond acceptors (Lipinski definition) is 3. The third-order valence-corrected chi connectivity index (χ3v) is 4.66. The molecule has 1 aliphatic carbocycles. The Morgan fingerprint density at radius 3 is 2.84 bits per heavy atom. The van der Waals surface area contributed by atoms with Gasteiger partial charge in [0.05, 0.1) is 6.61 Å². The molecule has 2 aliphatic rings. The van der Waals surface area contributed by atoms with E-state index in [1.54, 1.807) is 0 Å². The molecule has 2 fully saturated rings. The Morgan fingerprint density at radius 2 is 2.16 bits per heavy atom. The molecular weight excluding hydrogens is 238 g/mol. The summed E-state index contributed by atoms with van der Waals surface area (Å²) in [5, 5.41) is 0. The van der Waals surface area contributed by atoms with Crippen molar-refractivity contribution in [3.05, 3.63) is 0 Å². The summed E-state index contributed by atoms with van der Waals surface area (Å²) in [6, 6.07) is 0. The quantitative estimate of drug-likeness (QED) is 0.784. The van der Waals surface area contributed by atoms with Crippen molar-refractivity contribution in [1.82, 2.24) is 4.90 Å². The predicted octanol–water partition coefficient (Wildman–Crippen LogP) is 2.74. The van der Waals surface area contributed by atoms with Gasteiger partial charge in [-0.1, -0.05) is 13.8 Å². The molecule has 0 bridgehead atoms. The minimum Gasteiger partial charge on any atom is -0.381 e. The Balaban J connectivity index is 1.80. The molecule has 0 aromatic heterocycles. The van der Waals surface area contributed by atoms with Crippen molar-refractivity contribution in [3.63, 3.8) is 0 Å². The van der Waals surface area contributed by atoms with Crippen molar-refractivity contribution in [3.8, 4) is 0 Å². The van der Waals surface area contributed by atoms with Crippen molar-refractivity contribution in [1.29, 1.82) is 0 Å². The molecule has 1 saturated heterocycles. The first-order valence-electron chi connectivity index (χ1n) is 7.75. The second-order valence-electron chi connectivity index (χ2n) is 7.34. The zero-order valence-corrected chi connectivity index (χ0v) is 12.8. The van der Waals surface area contributed by atoms with Gasteiger partial charge in [0.1, 0.15) is 5.78 Å². The number of hydrogen-bond donors (Lipinski definition) is 0. The van der Waals surface area contributed by atoms with E-state index in [4.69, 9.17) is 4.74 Å². The highest BCUT2D eigenvalue weighted by atomic mass is 16.5. The summed E-state index contributed by atoms with van der Waals surface area (Å²) in [5.74, 6) is 1.38. The topological polar surface area (TPSA) is 29.5 Å². The van der Waals surface area contributed by atoms with Gasteiger partial charge in [-0.2, -0.15) is 0 Å². The van der Waals surface area contributed by atoms with Crippen LogP contribution in [0.4, 0.5) is 0 Å². The van der Waals surface area contributed by atoms with Gasteiger partial charge in [-0.3, -0.25) is 4.79 Å². The third kappa shape index (κ3) is 4.57. The highest BCUT2D eigenvalue weighted by Crippen LogP contribution is 2.37. The van der Waals surface area contributed by atoms with Crippen molar-refractivity contribution in [2.45, 2.75) is 46.0 Å². The molecule has 0 aromatic rings. The van der Waals surface area contributed by atoms with Crippen LogP contribution in [0.1, 0.15) is 46.0 Å². The van der Waals surface area contributed by atoms with Crippen LogP contribution in [0.3, 0.4) is 0 Å². The van der Waals surface area contributed by atoms with Gasteiger partial charge in [0.15, 0.2) is 0 Å². The largest absolute Gasteiger partial charge is 0.381 e. The van der Waals surface area contributed by atoms with Crippen LogP contribution < -0.4 is 0 Å². The summed E-state index contributed by atoms with van der Waals surface area (Å²) in [4.78, 5) is 14.4. The Labute approximate surface area is 117 Å². The van der Waals surface area contributed by atoms with Gasteiger partial charge in [-0.05, 0) is 44.1 Å². The lowest BCUT2D eigenvalue weighted by Crippen LogP contribution is -2.40. The van der Waals surface area contributed by atoms with E-state index >= 15 is 0 Å². The van der Waals surface area contributed by atoms with Crippen molar-refractivity contribution < 1.29 is 9.53 Å². The Morgan fingerprint density at radius 1 is 1.37 bits per heavy atom. The van der Waals surface area contributed by atoms with Gasteiger partial charge in [0, 0.05) is 32.0 Å². The van der Waals surface area contributed by atoms with Crippen molar-refractivity contribution in [2.75, 3.05) is 33.4 Å². The molecule has 0 aromatic carbocycles. The van der Waals surface area contributed by atoms with Crippen molar-refractivity contribution >= 4 is 5.78 Å². The number of carbonyl (C=O) groups excluding carboxylic acids is 1. The fourth-order valence-corrected chi connectivity index (χ4v) is 3.56. The highest BCUT2D eigenvalue weighted by molar-refractivity contribution is 5.82. The molecule has 1 saturated carbocycles. The SMILES string of the molecule is CN(CC1CCCOC1)CC1CC(C)(C)CCC1=O. The van der Waals surface area contributed by atoms with E-state index in [0.717, 1.165) is 45.6 Å². The number of rotatable bonds is 4. The molecule has 2 rings (SSSR count). The molecule has 1 aliphatic heterocycles. The first-order valence-corrected chi connectivity index (χ1v) is 7.75. The molecule has 2 unspecified atom stereocenters. The van der Waals surface area contributed by atoms with E-state index in [1.807, 2.05) is 0 Å². The molecule has 19 heavy (non-hydrogen) atoms. The zero-order chi connectivity index (χ0) is 13.9. The van der Waals surface area contributed by atoms with Crippen LogP contribution in [0.5, 0.6) is 0 Å². The van der Waals surface area contributed by atoms with Gasteiger partial charge < -0.3 is 9.64 Å². The van der Waals surface area contributed by atoms with Crippen LogP contribution in [0.2, 0.25) is 0 Å². The summed E-state index contributed by atoms with van der Waals surface area (Å²) < 4.78 is 5.53. The summed E-state index contributed by atoms with van der Waals surface area (Å²) in [5.41, 5.74) is 0.341. The molecule has 0 spiro atoms. The smallest absolute Gasteiger partial charge is 0.137 e. The van der Waals surface area contributed by atoms with Crippen LogP contribution in [0, 0.1) is 17.3 Å². The Bertz CT molecular complexity index is 308. The van der Waals surface area contributed by atoms with E-state index < -0.39 is 0 Å². The number of carbonyl (C=O) groups is 1. The summed E-state index contributed by atoms with van der Waals surface area (Å²) in [6.07, 6.45) is 5.35. The van der Waals surface area contributed by atoms with E-state index in [2.05, 4.69) is 25.8 Å². The lowest BCUT2D eigenvalue weighted by atomic mass is 9.71. The minimum atomic E-state index is 0.248. The van der Waals surface area contributed by atoms with Crippen LogP contribution in [0.15, 0.2) is 0 Å². The van der Waals surface area contributed by atoms with E-state index in [1.165, 1.54) is 12.8 Å². The summed E-state index contributed by atoms with van der Waals surface area (Å²) >= 11 is 0. The molecule has 3 heteroatoms. The minimum absolute atomic E-state index is 0.248. The third-order valence-electron chi connectivity index (χ3n) is 4.66. The maximum atomic E-state index is 12.1. The molecule has 0 N–H and O–H groups in total. The highest BCUT2D eigenvalue weighted by Gasteiger charge is 2.34. The van der Waals surface area contributed by atoms with Gasteiger partial charge in [0.25, 0.3) is 0 Å². The van der Waals surface area contributed by atoms with Crippen LogP contribution in [0.25, 0.3) is 0 Å². The molecule has 1 heterocycles. The second-order valence-corrected chi connectivity index (χ2v) is 7.34. The standard InChI is InChI=1S/C16H29NO2/c1-16(2)7-6-15(18)14(9-16)11-17(3)10-13-5-4-8-19-12-13/h13-14H,4-12H2,1-3H3. The lowest BCUT2D eigenvalue weighted by Gasteiger charge is -2.36. The molecule has 0 amide bonds. The van der Waals surface area contributed by atoms with E-state index in [-0.39, 0.29) is 5.92 Å². The normalized spacial score (nSPS) is 31.7. The zero-order valence-electron chi connectivity index (χ0n) is 12.8. The first-order chi connectivity index (χ1) is 8.96.